The fourth-order valence-corrected chi connectivity index (χ4v) is 0.394. The zero-order chi connectivity index (χ0) is 5.11. The molecule has 2 nitrogen and oxygen atoms in total. The van der Waals surface area contributed by atoms with Crippen LogP contribution >= 0.6 is 0 Å². The van der Waals surface area contributed by atoms with Crippen LogP contribution in [0.3, 0.4) is 0 Å². The molecular weight excluding hydrogens is 88.1 g/mol. The molecule has 1 rings (SSSR count). The van der Waals surface area contributed by atoms with Gasteiger partial charge in [0.2, 0.25) is 0 Å². The third kappa shape index (κ3) is 0.961. The molecule has 2 heteroatoms. The molecule has 0 amide bonds. The molecule has 0 aromatic carbocycles. The zero-order valence-electron chi connectivity index (χ0n) is 4.18. The quantitative estimate of drug-likeness (QED) is 0.466. The van der Waals surface area contributed by atoms with Crippen molar-refractivity contribution in [1.29, 1.82) is 0 Å². The maximum Gasteiger partial charge on any atom is 0.0501 e. The topological polar surface area (TPSA) is 26.1 Å². The van der Waals surface area contributed by atoms with Gasteiger partial charge in [-0.2, -0.15) is 5.43 Å². The van der Waals surface area contributed by atoms with Gasteiger partial charge in [0.25, 0.3) is 0 Å². The zero-order valence-corrected chi connectivity index (χ0v) is 4.18. The van der Waals surface area contributed by atoms with Gasteiger partial charge in [0, 0.05) is 6.20 Å². The number of nitrogens with one attached hydrogen (secondary N) is 1. The second-order valence-electron chi connectivity index (χ2n) is 1.46. The van der Waals surface area contributed by atoms with E-state index in [1.54, 1.807) is 12.4 Å². The lowest BCUT2D eigenvalue weighted by Crippen LogP contribution is -2.15. The van der Waals surface area contributed by atoms with Crippen molar-refractivity contribution in [2.75, 3.05) is 0 Å². The van der Waals surface area contributed by atoms with E-state index in [1.807, 2.05) is 13.0 Å². The fraction of sp³-hybridized carbons (Fsp3) is 0.200. The molecule has 0 saturated heterocycles. The standard InChI is InChI=1S/C5H7N2/c1-5-2-3-6-7-4-5/h2-4,6H,1H3. The van der Waals surface area contributed by atoms with Crippen molar-refractivity contribution in [2.24, 2.45) is 0 Å². The molecule has 37 valence electrons. The highest BCUT2D eigenvalue weighted by atomic mass is 15.3. The predicted octanol–water partition coefficient (Wildman–Crippen LogP) is 0.526. The number of nitrogens with zero attached hydrogens (tertiary/aromatic N) is 1. The molecule has 0 bridgehead atoms. The predicted molar refractivity (Wildman–Crippen MR) is 28.2 cm³/mol. The number of rotatable bonds is 0. The van der Waals surface area contributed by atoms with Gasteiger partial charge < -0.3 is 0 Å². The minimum atomic E-state index is 1.18. The third-order valence-electron chi connectivity index (χ3n) is 0.763. The molecule has 1 heterocycles. The first-order valence-electron chi connectivity index (χ1n) is 2.18. The first-order chi connectivity index (χ1) is 3.39. The van der Waals surface area contributed by atoms with Gasteiger partial charge in [-0.25, -0.2) is 0 Å². The summed E-state index contributed by atoms with van der Waals surface area (Å²) in [5.41, 5.74) is 7.62. The molecular formula is C5H7N2. The van der Waals surface area contributed by atoms with Crippen molar-refractivity contribution in [3.05, 3.63) is 24.0 Å². The van der Waals surface area contributed by atoms with Crippen LogP contribution in [0.1, 0.15) is 6.92 Å². The van der Waals surface area contributed by atoms with Gasteiger partial charge in [-0.1, -0.05) is 0 Å². The highest BCUT2D eigenvalue weighted by Crippen LogP contribution is 1.93. The molecule has 1 aliphatic heterocycles. The van der Waals surface area contributed by atoms with Crippen molar-refractivity contribution in [3.63, 3.8) is 0 Å². The van der Waals surface area contributed by atoms with E-state index in [4.69, 9.17) is 0 Å². The average Bonchev–Trinajstić information content (AvgIpc) is 1.69. The summed E-state index contributed by atoms with van der Waals surface area (Å²) in [6, 6.07) is 0. The highest BCUT2D eigenvalue weighted by Gasteiger charge is 1.84. The normalized spacial score (nSPS) is 17.0. The lowest BCUT2D eigenvalue weighted by atomic mass is 10.3. The summed E-state index contributed by atoms with van der Waals surface area (Å²) in [7, 11) is 0. The van der Waals surface area contributed by atoms with E-state index in [2.05, 4.69) is 10.9 Å². The van der Waals surface area contributed by atoms with E-state index in [0.717, 1.165) is 0 Å². The molecule has 7 heavy (non-hydrogen) atoms. The first kappa shape index (κ1) is 4.24. The molecule has 0 saturated carbocycles. The van der Waals surface area contributed by atoms with Crippen molar-refractivity contribution in [2.45, 2.75) is 6.92 Å². The highest BCUT2D eigenvalue weighted by molar-refractivity contribution is 5.16. The van der Waals surface area contributed by atoms with Gasteiger partial charge in [-0.15, -0.1) is 0 Å². The minimum Gasteiger partial charge on any atom is -0.286 e. The Hall–Kier alpha value is -0.920. The van der Waals surface area contributed by atoms with Gasteiger partial charge in [0.15, 0.2) is 0 Å². The summed E-state index contributed by atoms with van der Waals surface area (Å²) >= 11 is 0. The maximum absolute atomic E-state index is 3.76. The number of hydrogen-bond donors (Lipinski definition) is 1. The monoisotopic (exact) mass is 95.1 g/mol. The third-order valence-corrected chi connectivity index (χ3v) is 0.763. The van der Waals surface area contributed by atoms with Crippen molar-refractivity contribution in [3.8, 4) is 0 Å². The largest absolute Gasteiger partial charge is 0.286 e. The van der Waals surface area contributed by atoms with Gasteiger partial charge in [0.05, 0.1) is 6.20 Å². The Morgan fingerprint density at radius 3 is 2.86 bits per heavy atom. The molecule has 0 aromatic rings. The van der Waals surface area contributed by atoms with Crippen LogP contribution in [0.15, 0.2) is 24.0 Å². The van der Waals surface area contributed by atoms with Crippen LogP contribution in [0.4, 0.5) is 0 Å². The van der Waals surface area contributed by atoms with Crippen molar-refractivity contribution in [1.82, 2.24) is 10.9 Å². The van der Waals surface area contributed by atoms with Gasteiger partial charge in [0.1, 0.15) is 0 Å². The molecule has 1 N–H and O–H groups in total. The maximum atomic E-state index is 3.76. The Morgan fingerprint density at radius 2 is 2.57 bits per heavy atom. The second-order valence-corrected chi connectivity index (χ2v) is 1.46. The summed E-state index contributed by atoms with van der Waals surface area (Å²) in [5, 5.41) is 0. The van der Waals surface area contributed by atoms with Gasteiger partial charge in [-0.05, 0) is 18.6 Å². The first-order valence-corrected chi connectivity index (χ1v) is 2.18. The summed E-state index contributed by atoms with van der Waals surface area (Å²) in [6.07, 6.45) is 5.54. The van der Waals surface area contributed by atoms with E-state index < -0.39 is 0 Å². The van der Waals surface area contributed by atoms with Crippen LogP contribution in [0.2, 0.25) is 0 Å². The molecule has 0 spiro atoms. The molecule has 0 fully saturated rings. The molecule has 1 aliphatic rings. The molecule has 0 atom stereocenters. The summed E-state index contributed by atoms with van der Waals surface area (Å²) < 4.78 is 0. The Labute approximate surface area is 42.9 Å². The van der Waals surface area contributed by atoms with Crippen molar-refractivity contribution >= 4 is 0 Å². The van der Waals surface area contributed by atoms with Crippen LogP contribution in [-0.4, -0.2) is 0 Å². The van der Waals surface area contributed by atoms with E-state index in [1.165, 1.54) is 5.57 Å². The molecule has 1 radical (unpaired) electrons. The molecule has 0 aliphatic carbocycles. The van der Waals surface area contributed by atoms with Crippen LogP contribution < -0.4 is 10.9 Å². The van der Waals surface area contributed by atoms with Crippen molar-refractivity contribution < 1.29 is 0 Å². The molecule has 0 aromatic heterocycles. The Bertz CT molecular complexity index is 113. The SMILES string of the molecule is CC1=C[N]NC=C1. The van der Waals surface area contributed by atoms with E-state index in [-0.39, 0.29) is 0 Å². The van der Waals surface area contributed by atoms with E-state index in [0.29, 0.717) is 0 Å². The van der Waals surface area contributed by atoms with Crippen LogP contribution in [0.25, 0.3) is 0 Å². The Balaban J connectivity index is 2.58. The smallest absolute Gasteiger partial charge is 0.0501 e. The Kier molecular flexibility index (Phi) is 1.02. The minimum absolute atomic E-state index is 1.18. The van der Waals surface area contributed by atoms with Gasteiger partial charge in [-0.3, -0.25) is 5.43 Å². The van der Waals surface area contributed by atoms with E-state index in [9.17, 15) is 0 Å². The lowest BCUT2D eigenvalue weighted by Gasteiger charge is -2.00. The fourth-order valence-electron chi connectivity index (χ4n) is 0.394. The van der Waals surface area contributed by atoms with Gasteiger partial charge >= 0.3 is 0 Å². The summed E-state index contributed by atoms with van der Waals surface area (Å²) in [5.74, 6) is 0. The van der Waals surface area contributed by atoms with Crippen LogP contribution in [0.5, 0.6) is 0 Å². The van der Waals surface area contributed by atoms with E-state index >= 15 is 0 Å². The lowest BCUT2D eigenvalue weighted by molar-refractivity contribution is 0.742. The van der Waals surface area contributed by atoms with Crippen LogP contribution in [-0.2, 0) is 0 Å². The Morgan fingerprint density at radius 1 is 1.71 bits per heavy atom. The second kappa shape index (κ2) is 1.69. The number of hydrogen-bond acceptors (Lipinski definition) is 1. The summed E-state index contributed by atoms with van der Waals surface area (Å²) in [6.45, 7) is 2.00. The molecule has 0 unspecified atom stereocenters. The summed E-state index contributed by atoms with van der Waals surface area (Å²) in [4.78, 5) is 0. The number of allylic oxidation sites excluding steroid dienone is 2. The van der Waals surface area contributed by atoms with Crippen LogP contribution in [0, 0.1) is 0 Å². The average molecular weight is 95.1 g/mol.